The van der Waals surface area contributed by atoms with E-state index in [9.17, 15) is 0 Å². The molecule has 2 saturated heterocycles. The van der Waals surface area contributed by atoms with Gasteiger partial charge in [0.2, 0.25) is 0 Å². The van der Waals surface area contributed by atoms with Crippen LogP contribution in [0.4, 0.5) is 0 Å². The van der Waals surface area contributed by atoms with Crippen molar-refractivity contribution in [3.63, 3.8) is 0 Å². The summed E-state index contributed by atoms with van der Waals surface area (Å²) in [5, 5.41) is 0. The van der Waals surface area contributed by atoms with E-state index >= 15 is 0 Å². The van der Waals surface area contributed by atoms with E-state index in [1.54, 1.807) is 5.57 Å². The van der Waals surface area contributed by atoms with Gasteiger partial charge in [-0.05, 0) is 36.5 Å². The van der Waals surface area contributed by atoms with E-state index in [1.807, 2.05) is 19.9 Å². The van der Waals surface area contributed by atoms with Crippen molar-refractivity contribution in [1.29, 1.82) is 0 Å². The van der Waals surface area contributed by atoms with E-state index in [1.165, 1.54) is 17.7 Å². The molecule has 0 N–H and O–H groups in total. The minimum atomic E-state index is 0.584. The zero-order chi connectivity index (χ0) is 13.1. The molecule has 3 aliphatic rings. The zero-order valence-corrected chi connectivity index (χ0v) is 11.5. The van der Waals surface area contributed by atoms with E-state index in [0.29, 0.717) is 12.1 Å². The fraction of sp³-hybridized carbons (Fsp3) is 0.412. The molecule has 2 heterocycles. The second-order valence-corrected chi connectivity index (χ2v) is 4.78. The number of hydrogen-bond donors (Lipinski definition) is 0. The highest BCUT2D eigenvalue weighted by molar-refractivity contribution is 5.43. The molecule has 2 atom stereocenters. The highest BCUT2D eigenvalue weighted by Gasteiger charge is 2.42. The van der Waals surface area contributed by atoms with Gasteiger partial charge in [-0.3, -0.25) is 0 Å². The van der Waals surface area contributed by atoms with Crippen LogP contribution >= 0.6 is 0 Å². The van der Waals surface area contributed by atoms with Gasteiger partial charge < -0.3 is 4.90 Å². The number of hydrogen-bond acceptors (Lipinski definition) is 1. The van der Waals surface area contributed by atoms with Crippen LogP contribution < -0.4 is 0 Å². The van der Waals surface area contributed by atoms with Gasteiger partial charge in [-0.2, -0.15) is 0 Å². The lowest BCUT2D eigenvalue weighted by molar-refractivity contribution is 0.300. The normalized spacial score (nSPS) is 30.6. The molecule has 0 amide bonds. The Kier molecular flexibility index (Phi) is 3.90. The summed E-state index contributed by atoms with van der Waals surface area (Å²) in [5.74, 6) is 0. The summed E-state index contributed by atoms with van der Waals surface area (Å²) >= 11 is 0. The topological polar surface area (TPSA) is 3.24 Å². The average Bonchev–Trinajstić information content (AvgIpc) is 2.89. The third kappa shape index (κ3) is 1.98. The molecule has 2 fully saturated rings. The zero-order valence-electron chi connectivity index (χ0n) is 11.5. The van der Waals surface area contributed by atoms with Crippen molar-refractivity contribution < 1.29 is 0 Å². The van der Waals surface area contributed by atoms with Crippen LogP contribution in [0.5, 0.6) is 0 Å². The molecule has 1 heteroatoms. The predicted molar refractivity (Wildman–Crippen MR) is 79.3 cm³/mol. The SMILES string of the molecule is C=C/C=C1\C(=C)CC2CC3=CC=CCC3N12.CC. The molecule has 2 aliphatic heterocycles. The fourth-order valence-electron chi connectivity index (χ4n) is 3.20. The van der Waals surface area contributed by atoms with Gasteiger partial charge >= 0.3 is 0 Å². The van der Waals surface area contributed by atoms with E-state index < -0.39 is 0 Å². The Hall–Kier alpha value is -1.50. The molecule has 0 aromatic heterocycles. The molecule has 0 saturated carbocycles. The van der Waals surface area contributed by atoms with Crippen LogP contribution in [0.3, 0.4) is 0 Å². The van der Waals surface area contributed by atoms with Crippen molar-refractivity contribution >= 4 is 0 Å². The predicted octanol–water partition coefficient (Wildman–Crippen LogP) is 4.37. The summed E-state index contributed by atoms with van der Waals surface area (Å²) in [6, 6.07) is 1.23. The van der Waals surface area contributed by atoms with E-state index in [4.69, 9.17) is 0 Å². The largest absolute Gasteiger partial charge is 0.361 e. The van der Waals surface area contributed by atoms with Gasteiger partial charge in [-0.1, -0.05) is 51.3 Å². The number of nitrogens with zero attached hydrogens (tertiary/aromatic N) is 1. The van der Waals surface area contributed by atoms with Crippen molar-refractivity contribution in [2.75, 3.05) is 0 Å². The molecule has 96 valence electrons. The fourth-order valence-corrected chi connectivity index (χ4v) is 3.20. The molecule has 0 spiro atoms. The van der Waals surface area contributed by atoms with Crippen LogP contribution in [0.25, 0.3) is 0 Å². The molecule has 0 aromatic rings. The Morgan fingerprint density at radius 2 is 2.11 bits per heavy atom. The number of rotatable bonds is 1. The Labute approximate surface area is 111 Å². The quantitative estimate of drug-likeness (QED) is 0.659. The lowest BCUT2D eigenvalue weighted by Gasteiger charge is -2.28. The highest BCUT2D eigenvalue weighted by atomic mass is 15.2. The molecule has 2 unspecified atom stereocenters. The molecule has 0 bridgehead atoms. The van der Waals surface area contributed by atoms with Crippen molar-refractivity contribution in [3.8, 4) is 0 Å². The first-order chi connectivity index (χ1) is 8.81. The highest BCUT2D eigenvalue weighted by Crippen LogP contribution is 2.45. The van der Waals surface area contributed by atoms with Gasteiger partial charge in [0.15, 0.2) is 0 Å². The van der Waals surface area contributed by atoms with Gasteiger partial charge in [0.1, 0.15) is 0 Å². The minimum absolute atomic E-state index is 0.584. The van der Waals surface area contributed by atoms with Gasteiger partial charge in [-0.25, -0.2) is 0 Å². The summed E-state index contributed by atoms with van der Waals surface area (Å²) in [7, 11) is 0. The van der Waals surface area contributed by atoms with Crippen LogP contribution in [-0.2, 0) is 0 Å². The molecule has 18 heavy (non-hydrogen) atoms. The van der Waals surface area contributed by atoms with Gasteiger partial charge in [0.05, 0.1) is 6.04 Å². The molecule has 0 aromatic carbocycles. The first-order valence-corrected chi connectivity index (χ1v) is 6.96. The van der Waals surface area contributed by atoms with E-state index in [-0.39, 0.29) is 0 Å². The summed E-state index contributed by atoms with van der Waals surface area (Å²) in [6.07, 6.45) is 14.2. The maximum absolute atomic E-state index is 4.18. The Balaban J connectivity index is 0.000000574. The maximum atomic E-state index is 4.18. The second-order valence-electron chi connectivity index (χ2n) is 4.78. The standard InChI is InChI=1S/C15H17N.C2H6/c1-3-6-14-11(2)9-13-10-12-7-4-5-8-15(12)16(13)14;1-2/h3-7,13,15H,1-2,8-10H2;1-2H3/b14-6+;. The Morgan fingerprint density at radius 3 is 2.83 bits per heavy atom. The molecule has 0 radical (unpaired) electrons. The van der Waals surface area contributed by atoms with Crippen molar-refractivity contribution in [2.45, 2.75) is 45.2 Å². The molecule has 1 aliphatic carbocycles. The third-order valence-electron chi connectivity index (χ3n) is 3.83. The van der Waals surface area contributed by atoms with Crippen LogP contribution in [0.2, 0.25) is 0 Å². The smallest absolute Gasteiger partial charge is 0.0544 e. The lowest BCUT2D eigenvalue weighted by Crippen LogP contribution is -2.30. The van der Waals surface area contributed by atoms with E-state index in [2.05, 4.69) is 42.4 Å². The van der Waals surface area contributed by atoms with Crippen LogP contribution in [0.1, 0.15) is 33.1 Å². The summed E-state index contributed by atoms with van der Waals surface area (Å²) < 4.78 is 0. The molecular formula is C17H23N. The minimum Gasteiger partial charge on any atom is -0.361 e. The third-order valence-corrected chi connectivity index (χ3v) is 3.83. The first-order valence-electron chi connectivity index (χ1n) is 6.96. The number of fused-ring (bicyclic) bond motifs is 3. The summed E-state index contributed by atoms with van der Waals surface area (Å²) in [4.78, 5) is 2.55. The lowest BCUT2D eigenvalue weighted by atomic mass is 9.96. The van der Waals surface area contributed by atoms with Crippen molar-refractivity contribution in [2.24, 2.45) is 0 Å². The van der Waals surface area contributed by atoms with Crippen LogP contribution in [-0.4, -0.2) is 17.0 Å². The first kappa shape index (κ1) is 12.9. The molecular weight excluding hydrogens is 218 g/mol. The maximum Gasteiger partial charge on any atom is 0.0544 e. The summed E-state index contributed by atoms with van der Waals surface area (Å²) in [5.41, 5.74) is 4.18. The average molecular weight is 241 g/mol. The molecule has 1 nitrogen and oxygen atoms in total. The van der Waals surface area contributed by atoms with Gasteiger partial charge in [0.25, 0.3) is 0 Å². The second kappa shape index (κ2) is 5.43. The van der Waals surface area contributed by atoms with Crippen molar-refractivity contribution in [3.05, 3.63) is 60.4 Å². The van der Waals surface area contributed by atoms with Gasteiger partial charge in [0, 0.05) is 11.7 Å². The summed E-state index contributed by atoms with van der Waals surface area (Å²) in [6.45, 7) is 12.0. The van der Waals surface area contributed by atoms with Crippen LogP contribution in [0.15, 0.2) is 60.4 Å². The molecule has 3 rings (SSSR count). The van der Waals surface area contributed by atoms with Gasteiger partial charge in [-0.15, -0.1) is 0 Å². The van der Waals surface area contributed by atoms with E-state index in [0.717, 1.165) is 12.8 Å². The Morgan fingerprint density at radius 1 is 1.33 bits per heavy atom. The Bertz CT molecular complexity index is 437. The van der Waals surface area contributed by atoms with Crippen molar-refractivity contribution in [1.82, 2.24) is 4.90 Å². The number of allylic oxidation sites excluding steroid dienone is 5. The monoisotopic (exact) mass is 241 g/mol. The van der Waals surface area contributed by atoms with Crippen LogP contribution in [0, 0.1) is 0 Å².